The Kier molecular flexibility index (Phi) is 4.83. The standard InChI is InChI=1S/C18H13F3N4O3/c1-3-11-5-4-6-15(25-17(27)24(2)22-23-25)13(11)10-28-16-8-7-12(26)9-14(16)18(19,20)21/h1,4-9,26H,10H2,2H3. The molecule has 144 valence electrons. The lowest BCUT2D eigenvalue weighted by Gasteiger charge is -2.16. The van der Waals surface area contributed by atoms with Crippen molar-refractivity contribution in [3.63, 3.8) is 0 Å². The predicted molar refractivity (Wildman–Crippen MR) is 92.0 cm³/mol. The van der Waals surface area contributed by atoms with Gasteiger partial charge in [-0.15, -0.1) is 6.42 Å². The number of alkyl halides is 3. The molecule has 0 spiro atoms. The molecule has 0 aliphatic rings. The van der Waals surface area contributed by atoms with Crippen LogP contribution in [0, 0.1) is 12.3 Å². The van der Waals surface area contributed by atoms with E-state index >= 15 is 0 Å². The fourth-order valence-corrected chi connectivity index (χ4v) is 2.54. The Labute approximate surface area is 156 Å². The normalized spacial score (nSPS) is 11.2. The molecule has 1 aromatic heterocycles. The van der Waals surface area contributed by atoms with E-state index in [-0.39, 0.29) is 17.9 Å². The van der Waals surface area contributed by atoms with E-state index in [0.29, 0.717) is 11.6 Å². The number of rotatable bonds is 4. The molecule has 3 aromatic rings. The molecule has 0 saturated heterocycles. The highest BCUT2D eigenvalue weighted by atomic mass is 19.4. The maximum atomic E-state index is 13.2. The smallest absolute Gasteiger partial charge is 0.420 e. The van der Waals surface area contributed by atoms with Crippen LogP contribution in [-0.4, -0.2) is 24.9 Å². The predicted octanol–water partition coefficient (Wildman–Crippen LogP) is 2.25. The molecule has 0 amide bonds. The maximum Gasteiger partial charge on any atom is 0.420 e. The van der Waals surface area contributed by atoms with Crippen molar-refractivity contribution in [2.75, 3.05) is 0 Å². The fraction of sp³-hybridized carbons (Fsp3) is 0.167. The molecule has 0 atom stereocenters. The lowest BCUT2D eigenvalue weighted by molar-refractivity contribution is -0.139. The van der Waals surface area contributed by atoms with Gasteiger partial charge in [0.2, 0.25) is 0 Å². The zero-order chi connectivity index (χ0) is 20.5. The fourth-order valence-electron chi connectivity index (χ4n) is 2.54. The average molecular weight is 390 g/mol. The van der Waals surface area contributed by atoms with Crippen molar-refractivity contribution >= 4 is 0 Å². The van der Waals surface area contributed by atoms with E-state index in [9.17, 15) is 23.1 Å². The number of tetrazole rings is 1. The monoisotopic (exact) mass is 390 g/mol. The van der Waals surface area contributed by atoms with E-state index in [1.807, 2.05) is 0 Å². The zero-order valence-corrected chi connectivity index (χ0v) is 14.4. The van der Waals surface area contributed by atoms with E-state index in [2.05, 4.69) is 16.3 Å². The summed E-state index contributed by atoms with van der Waals surface area (Å²) in [7, 11) is 1.40. The van der Waals surface area contributed by atoms with Gasteiger partial charge in [0.1, 0.15) is 23.7 Å². The van der Waals surface area contributed by atoms with E-state index < -0.39 is 28.9 Å². The van der Waals surface area contributed by atoms with Gasteiger partial charge < -0.3 is 9.84 Å². The first-order chi connectivity index (χ1) is 13.2. The molecular weight excluding hydrogens is 377 g/mol. The minimum atomic E-state index is -4.73. The molecule has 0 fully saturated rings. The Morgan fingerprint density at radius 2 is 2.00 bits per heavy atom. The Morgan fingerprint density at radius 1 is 1.25 bits per heavy atom. The van der Waals surface area contributed by atoms with Crippen LogP contribution < -0.4 is 10.4 Å². The number of phenolic OH excluding ortho intramolecular Hbond substituents is 1. The van der Waals surface area contributed by atoms with Gasteiger partial charge in [0.15, 0.2) is 0 Å². The first-order valence-corrected chi connectivity index (χ1v) is 7.83. The van der Waals surface area contributed by atoms with Crippen LogP contribution in [-0.2, 0) is 19.8 Å². The molecule has 0 aliphatic carbocycles. The van der Waals surface area contributed by atoms with Crippen LogP contribution in [0.5, 0.6) is 11.5 Å². The second-order valence-electron chi connectivity index (χ2n) is 5.71. The van der Waals surface area contributed by atoms with Crippen molar-refractivity contribution < 1.29 is 23.0 Å². The SMILES string of the molecule is C#Cc1cccc(-n2nnn(C)c2=O)c1COc1ccc(O)cc1C(F)(F)F. The maximum absolute atomic E-state index is 13.2. The Morgan fingerprint density at radius 3 is 2.61 bits per heavy atom. The lowest BCUT2D eigenvalue weighted by Crippen LogP contribution is -2.23. The summed E-state index contributed by atoms with van der Waals surface area (Å²) >= 11 is 0. The van der Waals surface area contributed by atoms with Crippen molar-refractivity contribution in [2.24, 2.45) is 7.05 Å². The molecular formula is C18H13F3N4O3. The molecule has 2 aromatic carbocycles. The highest BCUT2D eigenvalue weighted by molar-refractivity contribution is 5.51. The number of aromatic hydroxyl groups is 1. The molecule has 7 nitrogen and oxygen atoms in total. The summed E-state index contributed by atoms with van der Waals surface area (Å²) < 4.78 is 47.0. The number of aryl methyl sites for hydroxylation is 1. The van der Waals surface area contributed by atoms with Crippen LogP contribution in [0.2, 0.25) is 0 Å². The summed E-state index contributed by atoms with van der Waals surface area (Å²) in [4.78, 5) is 12.2. The van der Waals surface area contributed by atoms with Gasteiger partial charge in [0, 0.05) is 18.2 Å². The summed E-state index contributed by atoms with van der Waals surface area (Å²) in [5.41, 5.74) is -0.850. The topological polar surface area (TPSA) is 82.2 Å². The molecule has 3 rings (SSSR count). The number of halogens is 3. The average Bonchev–Trinajstić information content (AvgIpc) is 2.98. The van der Waals surface area contributed by atoms with Gasteiger partial charge in [-0.3, -0.25) is 0 Å². The lowest BCUT2D eigenvalue weighted by atomic mass is 10.1. The van der Waals surface area contributed by atoms with Crippen LogP contribution in [0.1, 0.15) is 16.7 Å². The molecule has 0 radical (unpaired) electrons. The number of terminal acetylenes is 1. The molecule has 0 saturated carbocycles. The summed E-state index contributed by atoms with van der Waals surface area (Å²) in [5, 5.41) is 16.7. The van der Waals surface area contributed by atoms with Crippen molar-refractivity contribution in [1.29, 1.82) is 0 Å². The summed E-state index contributed by atoms with van der Waals surface area (Å²) in [6.07, 6.45) is 0.750. The van der Waals surface area contributed by atoms with Crippen LogP contribution in [0.25, 0.3) is 5.69 Å². The van der Waals surface area contributed by atoms with Crippen LogP contribution in [0.15, 0.2) is 41.2 Å². The molecule has 0 unspecified atom stereocenters. The Bertz CT molecular complexity index is 1130. The second-order valence-corrected chi connectivity index (χ2v) is 5.71. The van der Waals surface area contributed by atoms with Gasteiger partial charge in [-0.05, 0) is 40.8 Å². The van der Waals surface area contributed by atoms with Crippen molar-refractivity contribution in [2.45, 2.75) is 12.8 Å². The Hall–Kier alpha value is -3.74. The number of ether oxygens (including phenoxy) is 1. The molecule has 1 heterocycles. The molecule has 0 aliphatic heterocycles. The van der Waals surface area contributed by atoms with E-state index in [1.54, 1.807) is 12.1 Å². The van der Waals surface area contributed by atoms with Gasteiger partial charge in [0.25, 0.3) is 0 Å². The van der Waals surface area contributed by atoms with Crippen LogP contribution >= 0.6 is 0 Å². The first kappa shape index (κ1) is 19.0. The number of phenols is 1. The van der Waals surface area contributed by atoms with Gasteiger partial charge >= 0.3 is 11.9 Å². The number of aromatic nitrogens is 4. The summed E-state index contributed by atoms with van der Waals surface area (Å²) in [6, 6.07) is 7.31. The zero-order valence-electron chi connectivity index (χ0n) is 14.4. The van der Waals surface area contributed by atoms with Crippen LogP contribution in [0.3, 0.4) is 0 Å². The third kappa shape index (κ3) is 3.55. The third-order valence-corrected chi connectivity index (χ3v) is 3.90. The van der Waals surface area contributed by atoms with E-state index in [4.69, 9.17) is 11.2 Å². The number of benzene rings is 2. The quantitative estimate of drug-likeness (QED) is 0.691. The number of hydrogen-bond donors (Lipinski definition) is 1. The second kappa shape index (κ2) is 7.11. The first-order valence-electron chi connectivity index (χ1n) is 7.83. The third-order valence-electron chi connectivity index (χ3n) is 3.90. The minimum absolute atomic E-state index is 0.237. The van der Waals surface area contributed by atoms with Gasteiger partial charge in [-0.1, -0.05) is 12.0 Å². The molecule has 0 bridgehead atoms. The van der Waals surface area contributed by atoms with Gasteiger partial charge in [-0.25, -0.2) is 4.79 Å². The van der Waals surface area contributed by atoms with E-state index in [1.165, 1.54) is 13.1 Å². The van der Waals surface area contributed by atoms with E-state index in [0.717, 1.165) is 21.5 Å². The minimum Gasteiger partial charge on any atom is -0.508 e. The van der Waals surface area contributed by atoms with Crippen molar-refractivity contribution in [3.05, 3.63) is 63.6 Å². The largest absolute Gasteiger partial charge is 0.508 e. The van der Waals surface area contributed by atoms with Crippen LogP contribution in [0.4, 0.5) is 13.2 Å². The summed E-state index contributed by atoms with van der Waals surface area (Å²) in [6.45, 7) is -0.368. The van der Waals surface area contributed by atoms with Gasteiger partial charge in [0.05, 0.1) is 5.69 Å². The van der Waals surface area contributed by atoms with Crippen molar-refractivity contribution in [1.82, 2.24) is 19.8 Å². The molecule has 28 heavy (non-hydrogen) atoms. The van der Waals surface area contributed by atoms with Crippen molar-refractivity contribution in [3.8, 4) is 29.5 Å². The number of hydrogen-bond acceptors (Lipinski definition) is 5. The molecule has 1 N–H and O–H groups in total. The Balaban J connectivity index is 2.04. The molecule has 10 heteroatoms. The van der Waals surface area contributed by atoms with Gasteiger partial charge in [-0.2, -0.15) is 22.5 Å². The highest BCUT2D eigenvalue weighted by Gasteiger charge is 2.35. The highest BCUT2D eigenvalue weighted by Crippen LogP contribution is 2.38. The number of nitrogens with zero attached hydrogens (tertiary/aromatic N) is 4. The summed E-state index contributed by atoms with van der Waals surface area (Å²) in [5.74, 6) is 1.37.